The molecule has 1 aliphatic rings. The first-order valence-corrected chi connectivity index (χ1v) is 6.39. The van der Waals surface area contributed by atoms with Gasteiger partial charge in [-0.05, 0) is 36.2 Å². The van der Waals surface area contributed by atoms with Crippen LogP contribution < -0.4 is 4.74 Å². The molecule has 1 aromatic rings. The van der Waals surface area contributed by atoms with Crippen LogP contribution in [0.2, 0.25) is 0 Å². The standard InChI is InChI=1S/C14H17NO4/c1-2-3-8-18-11-6-4-10(5-7-11)12-9-13(14(16)17)19-15-12/h4-7,13H,2-3,8-9H2,1H3,(H,16,17)/t13-/m0/s1. The van der Waals surface area contributed by atoms with Crippen molar-refractivity contribution in [2.75, 3.05) is 6.61 Å². The van der Waals surface area contributed by atoms with Gasteiger partial charge in [-0.3, -0.25) is 0 Å². The predicted molar refractivity (Wildman–Crippen MR) is 70.5 cm³/mol. The third-order valence-electron chi connectivity index (χ3n) is 2.90. The van der Waals surface area contributed by atoms with E-state index in [0.717, 1.165) is 24.2 Å². The zero-order chi connectivity index (χ0) is 13.7. The Balaban J connectivity index is 1.94. The van der Waals surface area contributed by atoms with Gasteiger partial charge >= 0.3 is 5.97 Å². The fraction of sp³-hybridized carbons (Fsp3) is 0.429. The number of carboxylic acids is 1. The number of aliphatic carboxylic acids is 1. The van der Waals surface area contributed by atoms with E-state index in [4.69, 9.17) is 14.7 Å². The fourth-order valence-electron chi connectivity index (χ4n) is 1.76. The lowest BCUT2D eigenvalue weighted by molar-refractivity contribution is -0.148. The summed E-state index contributed by atoms with van der Waals surface area (Å²) in [5.41, 5.74) is 1.53. The highest BCUT2D eigenvalue weighted by Crippen LogP contribution is 2.19. The molecule has 1 aromatic carbocycles. The Hall–Kier alpha value is -2.04. The maximum Gasteiger partial charge on any atom is 0.348 e. The topological polar surface area (TPSA) is 68.1 Å². The van der Waals surface area contributed by atoms with Crippen LogP contribution in [-0.4, -0.2) is 29.5 Å². The lowest BCUT2D eigenvalue weighted by Gasteiger charge is -2.06. The third-order valence-corrected chi connectivity index (χ3v) is 2.90. The average molecular weight is 263 g/mol. The molecule has 1 aliphatic heterocycles. The zero-order valence-corrected chi connectivity index (χ0v) is 10.8. The number of oxime groups is 1. The molecule has 1 heterocycles. The number of carboxylic acid groups (broad SMARTS) is 1. The lowest BCUT2D eigenvalue weighted by atomic mass is 10.1. The van der Waals surface area contributed by atoms with E-state index in [1.54, 1.807) is 0 Å². The van der Waals surface area contributed by atoms with Crippen LogP contribution in [0, 0.1) is 0 Å². The molecular formula is C14H17NO4. The summed E-state index contributed by atoms with van der Waals surface area (Å²) < 4.78 is 5.56. The molecule has 1 N–H and O–H groups in total. The number of benzene rings is 1. The van der Waals surface area contributed by atoms with Crippen LogP contribution >= 0.6 is 0 Å². The van der Waals surface area contributed by atoms with Crippen LogP contribution in [0.15, 0.2) is 29.4 Å². The molecule has 0 radical (unpaired) electrons. The molecule has 0 saturated carbocycles. The minimum absolute atomic E-state index is 0.297. The van der Waals surface area contributed by atoms with E-state index in [0.29, 0.717) is 18.7 Å². The summed E-state index contributed by atoms with van der Waals surface area (Å²) >= 11 is 0. The van der Waals surface area contributed by atoms with Crippen molar-refractivity contribution >= 4 is 11.7 Å². The van der Waals surface area contributed by atoms with Gasteiger partial charge in [-0.1, -0.05) is 18.5 Å². The Labute approximate surface area is 111 Å². The van der Waals surface area contributed by atoms with Gasteiger partial charge in [-0.2, -0.15) is 0 Å². The number of hydrogen-bond donors (Lipinski definition) is 1. The van der Waals surface area contributed by atoms with Crippen LogP contribution in [0.1, 0.15) is 31.7 Å². The maximum absolute atomic E-state index is 10.8. The molecule has 5 nitrogen and oxygen atoms in total. The van der Waals surface area contributed by atoms with Crippen molar-refractivity contribution in [3.8, 4) is 5.75 Å². The molecule has 102 valence electrons. The van der Waals surface area contributed by atoms with Gasteiger partial charge in [0, 0.05) is 6.42 Å². The number of hydrogen-bond acceptors (Lipinski definition) is 4. The molecule has 0 saturated heterocycles. The Morgan fingerprint density at radius 3 is 2.79 bits per heavy atom. The molecular weight excluding hydrogens is 246 g/mol. The average Bonchev–Trinajstić information content (AvgIpc) is 2.90. The lowest BCUT2D eigenvalue weighted by Crippen LogP contribution is -2.19. The zero-order valence-electron chi connectivity index (χ0n) is 10.8. The Bertz CT molecular complexity index is 467. The largest absolute Gasteiger partial charge is 0.494 e. The van der Waals surface area contributed by atoms with Crippen LogP contribution in [0.3, 0.4) is 0 Å². The number of ether oxygens (including phenoxy) is 1. The summed E-state index contributed by atoms with van der Waals surface area (Å²) in [6, 6.07) is 7.46. The molecule has 0 unspecified atom stereocenters. The highest BCUT2D eigenvalue weighted by molar-refractivity contribution is 6.03. The van der Waals surface area contributed by atoms with Crippen LogP contribution in [-0.2, 0) is 9.63 Å². The first kappa shape index (κ1) is 13.4. The Morgan fingerprint density at radius 2 is 2.21 bits per heavy atom. The SMILES string of the molecule is CCCCOc1ccc(C2=NO[C@H](C(=O)O)C2)cc1. The van der Waals surface area contributed by atoms with E-state index in [1.165, 1.54) is 0 Å². The minimum atomic E-state index is -0.988. The van der Waals surface area contributed by atoms with E-state index < -0.39 is 12.1 Å². The fourth-order valence-corrected chi connectivity index (χ4v) is 1.76. The van der Waals surface area contributed by atoms with Gasteiger partial charge in [0.15, 0.2) is 0 Å². The van der Waals surface area contributed by atoms with E-state index in [-0.39, 0.29) is 0 Å². The van der Waals surface area contributed by atoms with E-state index >= 15 is 0 Å². The van der Waals surface area contributed by atoms with Gasteiger partial charge in [0.05, 0.1) is 12.3 Å². The van der Waals surface area contributed by atoms with Gasteiger partial charge in [0.1, 0.15) is 5.75 Å². The van der Waals surface area contributed by atoms with Crippen molar-refractivity contribution in [1.82, 2.24) is 0 Å². The molecule has 1 atom stereocenters. The van der Waals surface area contributed by atoms with Crippen molar-refractivity contribution in [1.29, 1.82) is 0 Å². The van der Waals surface area contributed by atoms with Gasteiger partial charge < -0.3 is 14.7 Å². The monoisotopic (exact) mass is 263 g/mol. The molecule has 19 heavy (non-hydrogen) atoms. The van der Waals surface area contributed by atoms with Crippen molar-refractivity contribution in [2.45, 2.75) is 32.3 Å². The maximum atomic E-state index is 10.8. The van der Waals surface area contributed by atoms with Crippen molar-refractivity contribution in [3.63, 3.8) is 0 Å². The van der Waals surface area contributed by atoms with E-state index in [2.05, 4.69) is 12.1 Å². The number of carbonyl (C=O) groups is 1. The molecule has 0 spiro atoms. The van der Waals surface area contributed by atoms with Crippen molar-refractivity contribution in [3.05, 3.63) is 29.8 Å². The first-order chi connectivity index (χ1) is 9.20. The molecule has 0 aromatic heterocycles. The third kappa shape index (κ3) is 3.47. The Morgan fingerprint density at radius 1 is 1.47 bits per heavy atom. The van der Waals surface area contributed by atoms with E-state index in [9.17, 15) is 4.79 Å². The highest BCUT2D eigenvalue weighted by atomic mass is 16.7. The van der Waals surface area contributed by atoms with Crippen LogP contribution in [0.25, 0.3) is 0 Å². The minimum Gasteiger partial charge on any atom is -0.494 e. The van der Waals surface area contributed by atoms with Crippen LogP contribution in [0.5, 0.6) is 5.75 Å². The summed E-state index contributed by atoms with van der Waals surface area (Å²) in [4.78, 5) is 15.6. The second-order valence-corrected chi connectivity index (χ2v) is 4.40. The second-order valence-electron chi connectivity index (χ2n) is 4.40. The molecule has 0 fully saturated rings. The summed E-state index contributed by atoms with van der Waals surface area (Å²) in [7, 11) is 0. The highest BCUT2D eigenvalue weighted by Gasteiger charge is 2.28. The molecule has 5 heteroatoms. The van der Waals surface area contributed by atoms with Crippen molar-refractivity contribution < 1.29 is 19.5 Å². The van der Waals surface area contributed by atoms with Crippen molar-refractivity contribution in [2.24, 2.45) is 5.16 Å². The summed E-state index contributed by atoms with van der Waals surface area (Å²) in [6.45, 7) is 2.82. The predicted octanol–water partition coefficient (Wildman–Crippen LogP) is 2.44. The molecule has 0 bridgehead atoms. The quantitative estimate of drug-likeness (QED) is 0.800. The molecule has 0 amide bonds. The molecule has 0 aliphatic carbocycles. The normalized spacial score (nSPS) is 17.7. The van der Waals surface area contributed by atoms with Crippen LogP contribution in [0.4, 0.5) is 0 Å². The van der Waals surface area contributed by atoms with Gasteiger partial charge in [-0.25, -0.2) is 4.79 Å². The number of unbranched alkanes of at least 4 members (excludes halogenated alkanes) is 1. The summed E-state index contributed by atoms with van der Waals surface area (Å²) in [5.74, 6) is -0.176. The molecule has 2 rings (SSSR count). The van der Waals surface area contributed by atoms with E-state index in [1.807, 2.05) is 24.3 Å². The summed E-state index contributed by atoms with van der Waals surface area (Å²) in [5, 5.41) is 12.6. The second kappa shape index (κ2) is 6.22. The van der Waals surface area contributed by atoms with Gasteiger partial charge in [0.25, 0.3) is 0 Å². The summed E-state index contributed by atoms with van der Waals surface area (Å²) in [6.07, 6.45) is 1.56. The first-order valence-electron chi connectivity index (χ1n) is 6.39. The smallest absolute Gasteiger partial charge is 0.348 e. The van der Waals surface area contributed by atoms with Gasteiger partial charge in [0.2, 0.25) is 6.10 Å². The Kier molecular flexibility index (Phi) is 4.39. The number of rotatable bonds is 6. The number of nitrogens with zero attached hydrogens (tertiary/aromatic N) is 1. The van der Waals surface area contributed by atoms with Gasteiger partial charge in [-0.15, -0.1) is 0 Å².